The quantitative estimate of drug-likeness (QED) is 0.911. The number of carbonyl (C=O) groups is 1. The molecular weight excluding hydrogens is 276 g/mol. The predicted molar refractivity (Wildman–Crippen MR) is 79.2 cm³/mol. The molecule has 0 bridgehead atoms. The van der Waals surface area contributed by atoms with Gasteiger partial charge in [-0.2, -0.15) is 4.37 Å². The summed E-state index contributed by atoms with van der Waals surface area (Å²) in [6, 6.07) is 0.325. The lowest BCUT2D eigenvalue weighted by molar-refractivity contribution is -0.129. The molecule has 20 heavy (non-hydrogen) atoms. The summed E-state index contributed by atoms with van der Waals surface area (Å²) in [6.07, 6.45) is 1.70. The van der Waals surface area contributed by atoms with Crippen LogP contribution in [0.5, 0.6) is 5.75 Å². The van der Waals surface area contributed by atoms with Crippen molar-refractivity contribution in [1.29, 1.82) is 0 Å². The van der Waals surface area contributed by atoms with Crippen molar-refractivity contribution in [3.8, 4) is 5.75 Å². The number of amides is 1. The summed E-state index contributed by atoms with van der Waals surface area (Å²) in [5, 5.41) is 0.996. The number of nitrogen functional groups attached to an aromatic ring is 1. The van der Waals surface area contributed by atoms with E-state index in [1.54, 1.807) is 0 Å². The van der Waals surface area contributed by atoms with Gasteiger partial charge >= 0.3 is 0 Å². The molecule has 1 aromatic rings. The van der Waals surface area contributed by atoms with E-state index in [-0.39, 0.29) is 12.0 Å². The van der Waals surface area contributed by atoms with E-state index < -0.39 is 0 Å². The zero-order valence-corrected chi connectivity index (χ0v) is 12.7. The number of aromatic nitrogens is 1. The predicted octanol–water partition coefficient (Wildman–Crippen LogP) is 1.32. The fourth-order valence-corrected chi connectivity index (χ4v) is 3.67. The van der Waals surface area contributed by atoms with Crippen LogP contribution >= 0.6 is 11.5 Å². The van der Waals surface area contributed by atoms with Gasteiger partial charge in [0.05, 0.1) is 6.10 Å². The molecule has 2 fully saturated rings. The van der Waals surface area contributed by atoms with Gasteiger partial charge in [-0.05, 0) is 31.8 Å². The third-order valence-electron chi connectivity index (χ3n) is 3.79. The largest absolute Gasteiger partial charge is 0.484 e. The molecule has 2 aliphatic rings. The number of anilines is 2. The summed E-state index contributed by atoms with van der Waals surface area (Å²) in [5.74, 6) is 1.45. The lowest BCUT2D eigenvalue weighted by atomic mass is 10.1. The van der Waals surface area contributed by atoms with Gasteiger partial charge in [0.2, 0.25) is 5.91 Å². The Morgan fingerprint density at radius 2 is 2.25 bits per heavy atom. The standard InChI is InChI=1S/C13H20N4O2S/c1-8(2)19-11-12(14)15-20-13(11)16-5-6-17-9(7-16)3-4-10(17)18/h8-9H,3-7H2,1-2H3,(H2,14,15). The maximum atomic E-state index is 11.7. The van der Waals surface area contributed by atoms with Crippen LogP contribution in [-0.4, -0.2) is 47.0 Å². The molecule has 0 saturated carbocycles. The van der Waals surface area contributed by atoms with Crippen molar-refractivity contribution < 1.29 is 9.53 Å². The van der Waals surface area contributed by atoms with Crippen LogP contribution in [0, 0.1) is 0 Å². The molecule has 2 N–H and O–H groups in total. The first kappa shape index (κ1) is 13.5. The zero-order chi connectivity index (χ0) is 14.3. The van der Waals surface area contributed by atoms with Gasteiger partial charge in [-0.1, -0.05) is 0 Å². The summed E-state index contributed by atoms with van der Waals surface area (Å²) >= 11 is 1.38. The van der Waals surface area contributed by atoms with Crippen LogP contribution < -0.4 is 15.4 Å². The van der Waals surface area contributed by atoms with E-state index in [1.807, 2.05) is 18.7 Å². The van der Waals surface area contributed by atoms with Gasteiger partial charge in [0.15, 0.2) is 16.6 Å². The van der Waals surface area contributed by atoms with Crippen molar-refractivity contribution in [2.75, 3.05) is 30.3 Å². The first-order valence-corrected chi connectivity index (χ1v) is 7.80. The molecule has 3 heterocycles. The molecule has 0 spiro atoms. The second-order valence-corrected chi connectivity index (χ2v) is 6.35. The molecule has 0 aliphatic carbocycles. The van der Waals surface area contributed by atoms with Gasteiger partial charge in [-0.15, -0.1) is 0 Å². The summed E-state index contributed by atoms with van der Waals surface area (Å²) in [7, 11) is 0. The van der Waals surface area contributed by atoms with Crippen molar-refractivity contribution >= 4 is 28.3 Å². The second-order valence-electron chi connectivity index (χ2n) is 5.59. The van der Waals surface area contributed by atoms with E-state index in [1.165, 1.54) is 11.5 Å². The molecule has 1 atom stereocenters. The Morgan fingerprint density at radius 3 is 3.00 bits per heavy atom. The van der Waals surface area contributed by atoms with Crippen molar-refractivity contribution in [3.63, 3.8) is 0 Å². The fourth-order valence-electron chi connectivity index (χ4n) is 2.88. The van der Waals surface area contributed by atoms with Crippen molar-refractivity contribution in [2.45, 2.75) is 38.8 Å². The van der Waals surface area contributed by atoms with Crippen LogP contribution in [0.1, 0.15) is 26.7 Å². The topological polar surface area (TPSA) is 71.7 Å². The van der Waals surface area contributed by atoms with E-state index in [0.717, 1.165) is 31.1 Å². The normalized spacial score (nSPS) is 22.6. The highest BCUT2D eigenvalue weighted by Crippen LogP contribution is 2.40. The SMILES string of the molecule is CC(C)Oc1c(N)nsc1N1CCN2C(=O)CCC2C1. The number of nitrogens with two attached hydrogens (primary N) is 1. The number of piperazine rings is 1. The maximum Gasteiger partial charge on any atom is 0.223 e. The average Bonchev–Trinajstić information content (AvgIpc) is 2.94. The van der Waals surface area contributed by atoms with E-state index in [9.17, 15) is 4.79 Å². The molecule has 2 saturated heterocycles. The van der Waals surface area contributed by atoms with Gasteiger partial charge in [0.1, 0.15) is 0 Å². The first-order valence-electron chi connectivity index (χ1n) is 7.02. The first-order chi connectivity index (χ1) is 9.56. The van der Waals surface area contributed by atoms with E-state index in [4.69, 9.17) is 10.5 Å². The summed E-state index contributed by atoms with van der Waals surface area (Å²) in [4.78, 5) is 16.0. The molecule has 0 radical (unpaired) electrons. The highest BCUT2D eigenvalue weighted by atomic mass is 32.1. The Balaban J connectivity index is 1.79. The smallest absolute Gasteiger partial charge is 0.223 e. The number of carbonyl (C=O) groups excluding carboxylic acids is 1. The molecule has 6 nitrogen and oxygen atoms in total. The van der Waals surface area contributed by atoms with E-state index in [2.05, 4.69) is 9.27 Å². The van der Waals surface area contributed by atoms with Gasteiger partial charge in [-0.3, -0.25) is 4.79 Å². The van der Waals surface area contributed by atoms with Gasteiger partial charge in [0.25, 0.3) is 0 Å². The molecule has 2 aliphatic heterocycles. The van der Waals surface area contributed by atoms with E-state index >= 15 is 0 Å². The lowest BCUT2D eigenvalue weighted by Crippen LogP contribution is -2.51. The third kappa shape index (κ3) is 2.30. The molecule has 1 unspecified atom stereocenters. The Kier molecular flexibility index (Phi) is 3.45. The lowest BCUT2D eigenvalue weighted by Gasteiger charge is -2.38. The van der Waals surface area contributed by atoms with Gasteiger partial charge < -0.3 is 20.3 Å². The van der Waals surface area contributed by atoms with Crippen LogP contribution in [0.15, 0.2) is 0 Å². The minimum absolute atomic E-state index is 0.0711. The number of nitrogens with zero attached hydrogens (tertiary/aromatic N) is 3. The fraction of sp³-hybridized carbons (Fsp3) is 0.692. The van der Waals surface area contributed by atoms with Crippen molar-refractivity contribution in [3.05, 3.63) is 0 Å². The number of hydrogen-bond acceptors (Lipinski definition) is 6. The minimum atomic E-state index is 0.0711. The van der Waals surface area contributed by atoms with Crippen LogP contribution in [0.3, 0.4) is 0 Å². The Morgan fingerprint density at radius 1 is 1.45 bits per heavy atom. The molecule has 3 rings (SSSR count). The van der Waals surface area contributed by atoms with Crippen molar-refractivity contribution in [1.82, 2.24) is 9.27 Å². The minimum Gasteiger partial charge on any atom is -0.484 e. The Bertz CT molecular complexity index is 516. The molecule has 110 valence electrons. The maximum absolute atomic E-state index is 11.7. The van der Waals surface area contributed by atoms with Crippen molar-refractivity contribution in [2.24, 2.45) is 0 Å². The highest BCUT2D eigenvalue weighted by Gasteiger charge is 2.37. The Hall–Kier alpha value is -1.50. The van der Waals surface area contributed by atoms with Gasteiger partial charge in [-0.25, -0.2) is 0 Å². The molecule has 0 aromatic carbocycles. The monoisotopic (exact) mass is 296 g/mol. The molecule has 7 heteroatoms. The number of hydrogen-bond donors (Lipinski definition) is 1. The molecular formula is C13H20N4O2S. The van der Waals surface area contributed by atoms with Crippen LogP contribution in [0.4, 0.5) is 10.8 Å². The molecule has 1 amide bonds. The van der Waals surface area contributed by atoms with Crippen LogP contribution in [-0.2, 0) is 4.79 Å². The zero-order valence-electron chi connectivity index (χ0n) is 11.8. The summed E-state index contributed by atoms with van der Waals surface area (Å²) in [5.41, 5.74) is 5.91. The number of fused-ring (bicyclic) bond motifs is 1. The number of ether oxygens (including phenoxy) is 1. The summed E-state index contributed by atoms with van der Waals surface area (Å²) in [6.45, 7) is 6.41. The van der Waals surface area contributed by atoms with Crippen LogP contribution in [0.25, 0.3) is 0 Å². The number of rotatable bonds is 3. The Labute approximate surface area is 122 Å². The van der Waals surface area contributed by atoms with Gasteiger partial charge in [0, 0.05) is 32.1 Å². The second kappa shape index (κ2) is 5.12. The van der Waals surface area contributed by atoms with Crippen LogP contribution in [0.2, 0.25) is 0 Å². The third-order valence-corrected chi connectivity index (χ3v) is 4.70. The van der Waals surface area contributed by atoms with E-state index in [0.29, 0.717) is 24.0 Å². The average molecular weight is 296 g/mol. The molecule has 1 aromatic heterocycles. The highest BCUT2D eigenvalue weighted by molar-refractivity contribution is 7.11. The summed E-state index contributed by atoms with van der Waals surface area (Å²) < 4.78 is 10.0.